The highest BCUT2D eigenvalue weighted by Gasteiger charge is 2.46. The Bertz CT molecular complexity index is 442. The van der Waals surface area contributed by atoms with Crippen LogP contribution in [0.4, 0.5) is 0 Å². The molecule has 6 nitrogen and oxygen atoms in total. The minimum Gasteiger partial charge on any atom is -0.481 e. The first kappa shape index (κ1) is 16.3. The van der Waals surface area contributed by atoms with Crippen LogP contribution in [0.2, 0.25) is 0 Å². The maximum absolute atomic E-state index is 11.7. The molecule has 8 heteroatoms. The van der Waals surface area contributed by atoms with Gasteiger partial charge < -0.3 is 10.4 Å². The van der Waals surface area contributed by atoms with E-state index in [1.807, 2.05) is 0 Å². The molecule has 1 fully saturated rings. The summed E-state index contributed by atoms with van der Waals surface area (Å²) in [5.41, 5.74) is -0.355. The molecular formula is C11H19NO5S2. The van der Waals surface area contributed by atoms with Gasteiger partial charge in [0.2, 0.25) is 5.91 Å². The molecule has 1 aliphatic carbocycles. The number of thioether (sulfide) groups is 1. The third-order valence-electron chi connectivity index (χ3n) is 2.86. The van der Waals surface area contributed by atoms with E-state index in [1.165, 1.54) is 18.0 Å². The number of amides is 1. The van der Waals surface area contributed by atoms with Crippen molar-refractivity contribution in [2.75, 3.05) is 30.1 Å². The average Bonchev–Trinajstić information content (AvgIpc) is 2.93. The van der Waals surface area contributed by atoms with Gasteiger partial charge in [-0.05, 0) is 18.3 Å². The Balaban J connectivity index is 2.19. The fourth-order valence-corrected chi connectivity index (χ4v) is 4.00. The zero-order valence-electron chi connectivity index (χ0n) is 10.8. The zero-order chi connectivity index (χ0) is 14.5. The van der Waals surface area contributed by atoms with E-state index < -0.39 is 15.8 Å². The van der Waals surface area contributed by atoms with Gasteiger partial charge in [-0.2, -0.15) is 0 Å². The van der Waals surface area contributed by atoms with Gasteiger partial charge in [-0.15, -0.1) is 11.8 Å². The molecule has 2 N–H and O–H groups in total. The van der Waals surface area contributed by atoms with Gasteiger partial charge in [0.1, 0.15) is 9.84 Å². The van der Waals surface area contributed by atoms with Crippen molar-refractivity contribution in [1.29, 1.82) is 0 Å². The van der Waals surface area contributed by atoms with Gasteiger partial charge in [-0.3, -0.25) is 9.59 Å². The van der Waals surface area contributed by atoms with Crippen LogP contribution in [0, 0.1) is 5.41 Å². The quantitative estimate of drug-likeness (QED) is 0.587. The summed E-state index contributed by atoms with van der Waals surface area (Å²) < 4.78 is 22.5. The number of carboxylic acid groups (broad SMARTS) is 1. The first-order valence-electron chi connectivity index (χ1n) is 5.96. The molecule has 0 saturated heterocycles. The summed E-state index contributed by atoms with van der Waals surface area (Å²) in [6.07, 6.45) is 2.99. The summed E-state index contributed by atoms with van der Waals surface area (Å²) in [6.45, 7) is 0.408. The van der Waals surface area contributed by atoms with E-state index in [1.54, 1.807) is 0 Å². The number of hydrogen-bond donors (Lipinski definition) is 2. The Kier molecular flexibility index (Phi) is 5.66. The lowest BCUT2D eigenvalue weighted by Crippen LogP contribution is -2.30. The number of sulfone groups is 1. The summed E-state index contributed by atoms with van der Waals surface area (Å²) >= 11 is 1.24. The molecule has 0 spiro atoms. The van der Waals surface area contributed by atoms with E-state index in [0.29, 0.717) is 12.3 Å². The molecule has 0 aromatic rings. The molecule has 0 bridgehead atoms. The van der Waals surface area contributed by atoms with Gasteiger partial charge in [0.25, 0.3) is 0 Å². The van der Waals surface area contributed by atoms with Crippen molar-refractivity contribution in [3.63, 3.8) is 0 Å². The average molecular weight is 309 g/mol. The van der Waals surface area contributed by atoms with Gasteiger partial charge in [-0.25, -0.2) is 8.42 Å². The molecule has 0 radical (unpaired) electrons. The van der Waals surface area contributed by atoms with Crippen LogP contribution >= 0.6 is 11.8 Å². The summed E-state index contributed by atoms with van der Waals surface area (Å²) in [5.74, 6) is -0.398. The molecule has 1 saturated carbocycles. The van der Waals surface area contributed by atoms with Crippen LogP contribution < -0.4 is 5.32 Å². The SMILES string of the molecule is CS(=O)(=O)CC1(CC(=O)NCCSCC(=O)O)CC1. The van der Waals surface area contributed by atoms with Gasteiger partial charge in [0.05, 0.1) is 11.5 Å². The monoisotopic (exact) mass is 309 g/mol. The van der Waals surface area contributed by atoms with Crippen molar-refractivity contribution in [2.45, 2.75) is 19.3 Å². The Morgan fingerprint density at radius 2 is 2.00 bits per heavy atom. The number of carbonyl (C=O) groups is 2. The van der Waals surface area contributed by atoms with Crippen LogP contribution in [0.25, 0.3) is 0 Å². The number of rotatable bonds is 9. The third kappa shape index (κ3) is 7.41. The molecule has 0 aromatic heterocycles. The van der Waals surface area contributed by atoms with E-state index in [4.69, 9.17) is 5.11 Å². The van der Waals surface area contributed by atoms with Crippen LogP contribution in [-0.2, 0) is 19.4 Å². The number of hydrogen-bond acceptors (Lipinski definition) is 5. The van der Waals surface area contributed by atoms with Crippen LogP contribution in [0.15, 0.2) is 0 Å². The second kappa shape index (κ2) is 6.60. The van der Waals surface area contributed by atoms with E-state index >= 15 is 0 Å². The Hall–Kier alpha value is -0.760. The minimum atomic E-state index is -3.05. The van der Waals surface area contributed by atoms with E-state index in [-0.39, 0.29) is 29.2 Å². The van der Waals surface area contributed by atoms with Crippen molar-refractivity contribution < 1.29 is 23.1 Å². The van der Waals surface area contributed by atoms with Crippen molar-refractivity contribution in [1.82, 2.24) is 5.32 Å². The van der Waals surface area contributed by atoms with Crippen molar-refractivity contribution in [3.05, 3.63) is 0 Å². The third-order valence-corrected chi connectivity index (χ3v) is 4.94. The van der Waals surface area contributed by atoms with Gasteiger partial charge >= 0.3 is 5.97 Å². The highest BCUT2D eigenvalue weighted by atomic mass is 32.2. The van der Waals surface area contributed by atoms with Crippen molar-refractivity contribution in [3.8, 4) is 0 Å². The Morgan fingerprint density at radius 3 is 2.47 bits per heavy atom. The van der Waals surface area contributed by atoms with Crippen LogP contribution in [0.3, 0.4) is 0 Å². The maximum atomic E-state index is 11.7. The molecule has 1 rings (SSSR count). The summed E-state index contributed by atoms with van der Waals surface area (Å²) in [5, 5.41) is 11.1. The molecule has 0 aliphatic heterocycles. The highest BCUT2D eigenvalue weighted by Crippen LogP contribution is 2.49. The first-order valence-corrected chi connectivity index (χ1v) is 9.18. The number of carbonyl (C=O) groups excluding carboxylic acids is 1. The molecule has 19 heavy (non-hydrogen) atoms. The van der Waals surface area contributed by atoms with Crippen molar-refractivity contribution >= 4 is 33.5 Å². The molecule has 0 unspecified atom stereocenters. The summed E-state index contributed by atoms with van der Waals surface area (Å²) in [7, 11) is -3.05. The second-order valence-electron chi connectivity index (χ2n) is 5.04. The van der Waals surface area contributed by atoms with E-state index in [0.717, 1.165) is 12.8 Å². The largest absolute Gasteiger partial charge is 0.481 e. The molecule has 0 aromatic carbocycles. The fraction of sp³-hybridized carbons (Fsp3) is 0.818. The van der Waals surface area contributed by atoms with E-state index in [9.17, 15) is 18.0 Å². The zero-order valence-corrected chi connectivity index (χ0v) is 12.5. The Labute approximate surface area is 117 Å². The van der Waals surface area contributed by atoms with Gasteiger partial charge in [-0.1, -0.05) is 0 Å². The van der Waals surface area contributed by atoms with Gasteiger partial charge in [0.15, 0.2) is 0 Å². The van der Waals surface area contributed by atoms with Gasteiger partial charge in [0, 0.05) is 25.0 Å². The normalized spacial score (nSPS) is 16.9. The predicted octanol–water partition coefficient (Wildman–Crippen LogP) is 0.135. The molecule has 110 valence electrons. The van der Waals surface area contributed by atoms with Crippen molar-refractivity contribution in [2.24, 2.45) is 5.41 Å². The minimum absolute atomic E-state index is 0.0217. The molecule has 0 heterocycles. The maximum Gasteiger partial charge on any atom is 0.313 e. The predicted molar refractivity (Wildman–Crippen MR) is 74.0 cm³/mol. The fourth-order valence-electron chi connectivity index (χ4n) is 1.93. The lowest BCUT2D eigenvalue weighted by molar-refractivity contribution is -0.133. The first-order chi connectivity index (χ1) is 8.72. The topological polar surface area (TPSA) is 101 Å². The number of carboxylic acids is 1. The van der Waals surface area contributed by atoms with Crippen LogP contribution in [0.5, 0.6) is 0 Å². The summed E-state index contributed by atoms with van der Waals surface area (Å²) in [6, 6.07) is 0. The van der Waals surface area contributed by atoms with Crippen LogP contribution in [-0.4, -0.2) is 55.5 Å². The smallest absolute Gasteiger partial charge is 0.313 e. The number of aliphatic carboxylic acids is 1. The highest BCUT2D eigenvalue weighted by molar-refractivity contribution is 7.99. The summed E-state index contributed by atoms with van der Waals surface area (Å²) in [4.78, 5) is 21.9. The number of nitrogens with one attached hydrogen (secondary N) is 1. The van der Waals surface area contributed by atoms with Crippen LogP contribution in [0.1, 0.15) is 19.3 Å². The lowest BCUT2D eigenvalue weighted by Gasteiger charge is -2.13. The Morgan fingerprint density at radius 1 is 1.37 bits per heavy atom. The van der Waals surface area contributed by atoms with E-state index in [2.05, 4.69) is 5.32 Å². The molecule has 1 amide bonds. The lowest BCUT2D eigenvalue weighted by atomic mass is 10.1. The standard InChI is InChI=1S/C11H19NO5S2/c1-19(16,17)8-11(2-3-11)6-9(13)12-4-5-18-7-10(14)15/h2-8H2,1H3,(H,12,13)(H,14,15). The second-order valence-corrected chi connectivity index (χ2v) is 8.29. The molecule has 0 atom stereocenters. The molecule has 1 aliphatic rings. The molecular weight excluding hydrogens is 290 g/mol.